The summed E-state index contributed by atoms with van der Waals surface area (Å²) >= 11 is 0. The molecule has 1 aromatic rings. The molecule has 3 heteroatoms. The number of aryl methyl sites for hydroxylation is 1. The third-order valence-corrected chi connectivity index (χ3v) is 3.87. The van der Waals surface area contributed by atoms with Gasteiger partial charge >= 0.3 is 0 Å². The number of aliphatic hydroxyl groups is 1. The molecule has 1 saturated heterocycles. The number of methoxy groups -OCH3 is 1. The Bertz CT molecular complexity index is 408. The highest BCUT2D eigenvalue weighted by molar-refractivity contribution is 5.46. The molecular weight excluding hydrogens is 228 g/mol. The fourth-order valence-electron chi connectivity index (χ4n) is 2.58. The maximum Gasteiger partial charge on any atom is 0.127 e. The Morgan fingerprint density at radius 1 is 1.39 bits per heavy atom. The maximum absolute atomic E-state index is 10.5. The number of hydrogen-bond donors (Lipinski definition) is 1. The zero-order valence-corrected chi connectivity index (χ0v) is 11.4. The summed E-state index contributed by atoms with van der Waals surface area (Å²) in [5.74, 6) is 0.989. The first-order valence-electron chi connectivity index (χ1n) is 6.55. The van der Waals surface area contributed by atoms with E-state index in [2.05, 4.69) is 6.92 Å². The van der Waals surface area contributed by atoms with Crippen LogP contribution in [0.4, 0.5) is 0 Å². The summed E-state index contributed by atoms with van der Waals surface area (Å²) < 4.78 is 10.9. The van der Waals surface area contributed by atoms with Gasteiger partial charge in [0, 0.05) is 18.1 Å². The minimum Gasteiger partial charge on any atom is -0.496 e. The van der Waals surface area contributed by atoms with Gasteiger partial charge < -0.3 is 14.6 Å². The first kappa shape index (κ1) is 13.4. The summed E-state index contributed by atoms with van der Waals surface area (Å²) in [6.45, 7) is 5.53. The summed E-state index contributed by atoms with van der Waals surface area (Å²) in [5.41, 5.74) is 3.17. The standard InChI is InChI=1S/C15H22O3/c1-10-6-7-13(15(17-3)11(10)2)14(16)12-5-4-8-18-9-12/h6-7,12,14,16H,4-5,8-9H2,1-3H3. The zero-order valence-electron chi connectivity index (χ0n) is 11.4. The number of rotatable bonds is 3. The van der Waals surface area contributed by atoms with E-state index in [4.69, 9.17) is 9.47 Å². The van der Waals surface area contributed by atoms with Gasteiger partial charge in [-0.3, -0.25) is 0 Å². The molecule has 2 atom stereocenters. The van der Waals surface area contributed by atoms with Crippen LogP contribution in [0.5, 0.6) is 5.75 Å². The van der Waals surface area contributed by atoms with Gasteiger partial charge in [0.05, 0.1) is 19.8 Å². The van der Waals surface area contributed by atoms with Crippen molar-refractivity contribution in [2.75, 3.05) is 20.3 Å². The normalized spacial score (nSPS) is 21.7. The van der Waals surface area contributed by atoms with E-state index in [-0.39, 0.29) is 5.92 Å². The molecule has 18 heavy (non-hydrogen) atoms. The Labute approximate surface area is 109 Å². The topological polar surface area (TPSA) is 38.7 Å². The van der Waals surface area contributed by atoms with Crippen molar-refractivity contribution >= 4 is 0 Å². The predicted molar refractivity (Wildman–Crippen MR) is 71.0 cm³/mol. The minimum atomic E-state index is -0.500. The highest BCUT2D eigenvalue weighted by Crippen LogP contribution is 2.36. The molecular formula is C15H22O3. The van der Waals surface area contributed by atoms with Gasteiger partial charge in [-0.25, -0.2) is 0 Å². The van der Waals surface area contributed by atoms with Crippen molar-refractivity contribution < 1.29 is 14.6 Å². The van der Waals surface area contributed by atoms with E-state index in [0.717, 1.165) is 36.3 Å². The van der Waals surface area contributed by atoms with Crippen LogP contribution in [0.1, 0.15) is 35.6 Å². The van der Waals surface area contributed by atoms with Gasteiger partial charge in [0.2, 0.25) is 0 Å². The van der Waals surface area contributed by atoms with Crippen LogP contribution >= 0.6 is 0 Å². The van der Waals surface area contributed by atoms with Gasteiger partial charge in [0.15, 0.2) is 0 Å². The van der Waals surface area contributed by atoms with E-state index < -0.39 is 6.10 Å². The van der Waals surface area contributed by atoms with Crippen molar-refractivity contribution in [2.24, 2.45) is 5.92 Å². The number of benzene rings is 1. The lowest BCUT2D eigenvalue weighted by Gasteiger charge is -2.28. The Kier molecular flexibility index (Phi) is 4.25. The van der Waals surface area contributed by atoms with Gasteiger partial charge in [0.25, 0.3) is 0 Å². The molecule has 0 bridgehead atoms. The van der Waals surface area contributed by atoms with Crippen molar-refractivity contribution in [1.82, 2.24) is 0 Å². The van der Waals surface area contributed by atoms with E-state index in [1.165, 1.54) is 5.56 Å². The second-order valence-electron chi connectivity index (χ2n) is 5.05. The zero-order chi connectivity index (χ0) is 13.1. The maximum atomic E-state index is 10.5. The van der Waals surface area contributed by atoms with Crippen LogP contribution < -0.4 is 4.74 Å². The van der Waals surface area contributed by atoms with E-state index in [9.17, 15) is 5.11 Å². The largest absolute Gasteiger partial charge is 0.496 e. The van der Waals surface area contributed by atoms with Crippen LogP contribution in [0.2, 0.25) is 0 Å². The molecule has 1 aliphatic rings. The van der Waals surface area contributed by atoms with Crippen LogP contribution in [0.3, 0.4) is 0 Å². The molecule has 0 amide bonds. The third-order valence-electron chi connectivity index (χ3n) is 3.87. The van der Waals surface area contributed by atoms with Crippen molar-refractivity contribution in [1.29, 1.82) is 0 Å². The Morgan fingerprint density at radius 2 is 2.17 bits per heavy atom. The fourth-order valence-corrected chi connectivity index (χ4v) is 2.58. The quantitative estimate of drug-likeness (QED) is 0.896. The summed E-state index contributed by atoms with van der Waals surface area (Å²) in [6, 6.07) is 4.01. The van der Waals surface area contributed by atoms with Gasteiger partial charge in [-0.15, -0.1) is 0 Å². The van der Waals surface area contributed by atoms with E-state index in [0.29, 0.717) is 6.61 Å². The predicted octanol–water partition coefficient (Wildman–Crippen LogP) is 2.77. The first-order valence-corrected chi connectivity index (χ1v) is 6.55. The monoisotopic (exact) mass is 250 g/mol. The van der Waals surface area contributed by atoms with Crippen LogP contribution in [0.15, 0.2) is 12.1 Å². The van der Waals surface area contributed by atoms with Crippen molar-refractivity contribution in [3.05, 3.63) is 28.8 Å². The summed E-state index contributed by atoms with van der Waals surface area (Å²) in [4.78, 5) is 0. The highest BCUT2D eigenvalue weighted by atomic mass is 16.5. The molecule has 1 N–H and O–H groups in total. The van der Waals surface area contributed by atoms with Crippen molar-refractivity contribution in [3.8, 4) is 5.75 Å². The van der Waals surface area contributed by atoms with Crippen LogP contribution in [-0.4, -0.2) is 25.4 Å². The van der Waals surface area contributed by atoms with E-state index >= 15 is 0 Å². The molecule has 100 valence electrons. The lowest BCUT2D eigenvalue weighted by Crippen LogP contribution is -2.24. The fraction of sp³-hybridized carbons (Fsp3) is 0.600. The Morgan fingerprint density at radius 3 is 2.78 bits per heavy atom. The smallest absolute Gasteiger partial charge is 0.127 e. The Hall–Kier alpha value is -1.06. The van der Waals surface area contributed by atoms with E-state index in [1.54, 1.807) is 7.11 Å². The van der Waals surface area contributed by atoms with Crippen LogP contribution in [-0.2, 0) is 4.74 Å². The summed E-state index contributed by atoms with van der Waals surface area (Å²) in [5, 5.41) is 10.5. The van der Waals surface area contributed by atoms with Gasteiger partial charge in [0.1, 0.15) is 5.75 Å². The van der Waals surface area contributed by atoms with Crippen LogP contribution in [0, 0.1) is 19.8 Å². The molecule has 1 heterocycles. The molecule has 0 spiro atoms. The molecule has 1 aromatic carbocycles. The second-order valence-corrected chi connectivity index (χ2v) is 5.05. The first-order chi connectivity index (χ1) is 8.65. The Balaban J connectivity index is 2.28. The van der Waals surface area contributed by atoms with Crippen LogP contribution in [0.25, 0.3) is 0 Å². The number of aliphatic hydroxyl groups excluding tert-OH is 1. The molecule has 0 radical (unpaired) electrons. The van der Waals surface area contributed by atoms with Gasteiger partial charge in [-0.1, -0.05) is 12.1 Å². The lowest BCUT2D eigenvalue weighted by atomic mass is 9.89. The summed E-state index contributed by atoms with van der Waals surface area (Å²) in [7, 11) is 1.66. The van der Waals surface area contributed by atoms with Gasteiger partial charge in [-0.05, 0) is 37.8 Å². The lowest BCUT2D eigenvalue weighted by molar-refractivity contribution is -0.0107. The highest BCUT2D eigenvalue weighted by Gasteiger charge is 2.26. The summed E-state index contributed by atoms with van der Waals surface area (Å²) in [6.07, 6.45) is 1.53. The molecule has 1 aliphatic heterocycles. The third kappa shape index (κ3) is 2.52. The average Bonchev–Trinajstić information content (AvgIpc) is 2.42. The molecule has 2 unspecified atom stereocenters. The molecule has 3 nitrogen and oxygen atoms in total. The molecule has 0 aliphatic carbocycles. The van der Waals surface area contributed by atoms with E-state index in [1.807, 2.05) is 19.1 Å². The second kappa shape index (κ2) is 5.72. The number of hydrogen-bond acceptors (Lipinski definition) is 3. The van der Waals surface area contributed by atoms with Gasteiger partial charge in [-0.2, -0.15) is 0 Å². The van der Waals surface area contributed by atoms with Crippen molar-refractivity contribution in [3.63, 3.8) is 0 Å². The molecule has 0 aromatic heterocycles. The SMILES string of the molecule is COc1c(C(O)C2CCCOC2)ccc(C)c1C. The average molecular weight is 250 g/mol. The number of ether oxygens (including phenoxy) is 2. The molecule has 0 saturated carbocycles. The van der Waals surface area contributed by atoms with Crippen molar-refractivity contribution in [2.45, 2.75) is 32.8 Å². The molecule has 1 fully saturated rings. The minimum absolute atomic E-state index is 0.176. The molecule has 2 rings (SSSR count).